The normalized spacial score (nSPS) is 16.7. The van der Waals surface area contributed by atoms with Crippen molar-refractivity contribution in [1.29, 1.82) is 0 Å². The number of carbonyl (C=O) groups is 1. The lowest BCUT2D eigenvalue weighted by Gasteiger charge is -2.47. The second-order valence-electron chi connectivity index (χ2n) is 10.3. The highest BCUT2D eigenvalue weighted by atomic mass is 35.5. The number of hydrogen-bond acceptors (Lipinski definition) is 9. The number of aromatic nitrogens is 2. The quantitative estimate of drug-likeness (QED) is 0.214. The summed E-state index contributed by atoms with van der Waals surface area (Å²) in [5.74, 6) is 0.817. The van der Waals surface area contributed by atoms with Crippen molar-refractivity contribution < 1.29 is 14.3 Å². The van der Waals surface area contributed by atoms with Crippen LogP contribution in [0.25, 0.3) is 0 Å². The largest absolute Gasteiger partial charge is 0.366 e. The molecule has 3 aromatic rings. The molecule has 0 bridgehead atoms. The number of piperidine rings is 1. The number of benzene rings is 2. The molecule has 0 unspecified atom stereocenters. The second kappa shape index (κ2) is 10.0. The van der Waals surface area contributed by atoms with Crippen molar-refractivity contribution in [2.75, 3.05) is 42.0 Å². The molecule has 2 aromatic carbocycles. The molecule has 1 spiro atoms. The molecule has 10 nitrogen and oxygen atoms in total. The van der Waals surface area contributed by atoms with E-state index in [9.17, 15) is 19.5 Å². The van der Waals surface area contributed by atoms with Gasteiger partial charge in [-0.25, -0.2) is 4.98 Å². The first-order chi connectivity index (χ1) is 18.0. The predicted octanol–water partition coefficient (Wildman–Crippen LogP) is 5.72. The van der Waals surface area contributed by atoms with Gasteiger partial charge in [0.25, 0.3) is 5.69 Å². The van der Waals surface area contributed by atoms with Gasteiger partial charge in [-0.3, -0.25) is 14.9 Å². The van der Waals surface area contributed by atoms with E-state index in [0.717, 1.165) is 12.8 Å². The molecule has 2 fully saturated rings. The Balaban J connectivity index is 1.35. The summed E-state index contributed by atoms with van der Waals surface area (Å²) in [5, 5.41) is 19.1. The highest BCUT2D eigenvalue weighted by Crippen LogP contribution is 2.48. The van der Waals surface area contributed by atoms with Crippen LogP contribution in [0.1, 0.15) is 25.7 Å². The molecule has 0 amide bonds. The minimum Gasteiger partial charge on any atom is -0.366 e. The van der Waals surface area contributed by atoms with Crippen LogP contribution in [-0.2, 0) is 9.36 Å². The maximum Gasteiger partial charge on any atom is 0.294 e. The first-order valence-electron chi connectivity index (χ1n) is 12.3. The van der Waals surface area contributed by atoms with E-state index in [1.165, 1.54) is 12.3 Å². The lowest BCUT2D eigenvalue weighted by molar-refractivity contribution is -0.384. The molecular formula is C26H28ClN6O4P. The van der Waals surface area contributed by atoms with Crippen molar-refractivity contribution >= 4 is 64.3 Å². The maximum absolute atomic E-state index is 12.7. The van der Waals surface area contributed by atoms with Crippen LogP contribution in [0.2, 0.25) is 5.02 Å². The zero-order valence-corrected chi connectivity index (χ0v) is 22.8. The summed E-state index contributed by atoms with van der Waals surface area (Å²) in [7, 11) is -2.56. The summed E-state index contributed by atoms with van der Waals surface area (Å²) in [5.41, 5.74) is 1.72. The van der Waals surface area contributed by atoms with Crippen molar-refractivity contribution in [2.24, 2.45) is 5.41 Å². The highest BCUT2D eigenvalue weighted by Gasteiger charge is 2.45. The van der Waals surface area contributed by atoms with Crippen LogP contribution in [0, 0.1) is 15.5 Å². The number of para-hydroxylation sites is 1. The van der Waals surface area contributed by atoms with Gasteiger partial charge in [-0.05, 0) is 55.9 Å². The molecule has 2 N–H and O–H groups in total. The zero-order chi connectivity index (χ0) is 27.1. The molecule has 1 aliphatic heterocycles. The summed E-state index contributed by atoms with van der Waals surface area (Å²) in [6.45, 7) is 4.74. The van der Waals surface area contributed by atoms with E-state index < -0.39 is 12.1 Å². The Morgan fingerprint density at radius 3 is 2.47 bits per heavy atom. The summed E-state index contributed by atoms with van der Waals surface area (Å²) >= 11 is 6.33. The van der Waals surface area contributed by atoms with E-state index in [2.05, 4.69) is 20.6 Å². The van der Waals surface area contributed by atoms with Gasteiger partial charge in [-0.1, -0.05) is 23.7 Å². The van der Waals surface area contributed by atoms with Crippen molar-refractivity contribution in [3.63, 3.8) is 0 Å². The van der Waals surface area contributed by atoms with Gasteiger partial charge in [-0.15, -0.1) is 0 Å². The SMILES string of the molecule is CP(C)(=O)c1ccccc1Nc1nc(Nc2ccc(N3CCC4(CC3)CC(=O)C4)c([N+](=O)[O-])c2)ncc1Cl. The molecule has 1 aromatic heterocycles. The van der Waals surface area contributed by atoms with Gasteiger partial charge < -0.3 is 20.1 Å². The fourth-order valence-corrected chi connectivity index (χ4v) is 6.49. The van der Waals surface area contributed by atoms with Crippen LogP contribution < -0.4 is 20.8 Å². The van der Waals surface area contributed by atoms with Gasteiger partial charge in [0.2, 0.25) is 5.95 Å². The number of halogens is 1. The zero-order valence-electron chi connectivity index (χ0n) is 21.1. The van der Waals surface area contributed by atoms with Crippen LogP contribution in [-0.4, -0.2) is 47.1 Å². The Labute approximate surface area is 225 Å². The van der Waals surface area contributed by atoms with Gasteiger partial charge in [0, 0.05) is 43.0 Å². The van der Waals surface area contributed by atoms with E-state index in [1.807, 2.05) is 17.0 Å². The summed E-state index contributed by atoms with van der Waals surface area (Å²) in [4.78, 5) is 33.7. The number of ketones is 1. The molecule has 1 saturated heterocycles. The summed E-state index contributed by atoms with van der Waals surface area (Å²) < 4.78 is 12.7. The molecule has 2 heterocycles. The van der Waals surface area contributed by atoms with Crippen molar-refractivity contribution in [3.8, 4) is 0 Å². The molecule has 5 rings (SSSR count). The van der Waals surface area contributed by atoms with Gasteiger partial charge in [0.1, 0.15) is 23.6 Å². The van der Waals surface area contributed by atoms with Crippen LogP contribution in [0.5, 0.6) is 0 Å². The molecule has 0 atom stereocenters. The van der Waals surface area contributed by atoms with Gasteiger partial charge in [0.05, 0.1) is 16.8 Å². The number of nitrogens with zero attached hydrogens (tertiary/aromatic N) is 4. The van der Waals surface area contributed by atoms with Crippen LogP contribution in [0.15, 0.2) is 48.7 Å². The molecule has 1 saturated carbocycles. The Morgan fingerprint density at radius 1 is 1.11 bits per heavy atom. The molecular weight excluding hydrogens is 527 g/mol. The lowest BCUT2D eigenvalue weighted by Crippen LogP contribution is -2.47. The number of nitrogens with one attached hydrogen (secondary N) is 2. The lowest BCUT2D eigenvalue weighted by atomic mass is 9.62. The molecule has 1 aliphatic carbocycles. The summed E-state index contributed by atoms with van der Waals surface area (Å²) in [6, 6.07) is 12.2. The third kappa shape index (κ3) is 5.37. The van der Waals surface area contributed by atoms with E-state index in [-0.39, 0.29) is 22.1 Å². The number of nitro groups is 1. The van der Waals surface area contributed by atoms with Crippen LogP contribution >= 0.6 is 18.7 Å². The molecule has 38 heavy (non-hydrogen) atoms. The van der Waals surface area contributed by atoms with E-state index in [0.29, 0.717) is 59.9 Å². The molecule has 12 heteroatoms. The first kappa shape index (κ1) is 26.1. The Bertz CT molecular complexity index is 1460. The number of hydrogen-bond donors (Lipinski definition) is 2. The van der Waals surface area contributed by atoms with E-state index >= 15 is 0 Å². The number of nitro benzene ring substituents is 1. The second-order valence-corrected chi connectivity index (χ2v) is 13.9. The van der Waals surface area contributed by atoms with Crippen LogP contribution in [0.3, 0.4) is 0 Å². The predicted molar refractivity (Wildman–Crippen MR) is 150 cm³/mol. The minimum atomic E-state index is -2.56. The number of carbonyl (C=O) groups excluding carboxylic acids is 1. The van der Waals surface area contributed by atoms with Gasteiger partial charge in [-0.2, -0.15) is 4.98 Å². The number of anilines is 5. The maximum atomic E-state index is 12.7. The highest BCUT2D eigenvalue weighted by molar-refractivity contribution is 7.70. The molecule has 2 aliphatic rings. The number of Topliss-reactive ketones (excluding diaryl/α,β-unsaturated/α-hetero) is 1. The number of rotatable bonds is 7. The van der Waals surface area contributed by atoms with E-state index in [1.54, 1.807) is 37.6 Å². The monoisotopic (exact) mass is 554 g/mol. The minimum absolute atomic E-state index is 0.0153. The Kier molecular flexibility index (Phi) is 6.88. The third-order valence-electron chi connectivity index (χ3n) is 7.22. The average molecular weight is 555 g/mol. The van der Waals surface area contributed by atoms with Crippen LogP contribution in [0.4, 0.5) is 34.5 Å². The summed E-state index contributed by atoms with van der Waals surface area (Å²) in [6.07, 6.45) is 4.41. The van der Waals surface area contributed by atoms with E-state index in [4.69, 9.17) is 11.6 Å². The Hall–Kier alpha value is -3.49. The average Bonchev–Trinajstić information content (AvgIpc) is 2.85. The molecule has 198 valence electrons. The molecule has 0 radical (unpaired) electrons. The first-order valence-corrected chi connectivity index (χ1v) is 15.3. The Morgan fingerprint density at radius 2 is 1.82 bits per heavy atom. The fraction of sp³-hybridized carbons (Fsp3) is 0.346. The smallest absolute Gasteiger partial charge is 0.294 e. The standard InChI is InChI=1S/C26H28ClN6O4P/c1-38(2,37)23-6-4-3-5-20(23)30-24-19(27)16-28-25(31-24)29-17-7-8-21(22(13-17)33(35)36)32-11-9-26(10-12-32)14-18(34)15-26/h3-8,13,16H,9-12,14-15H2,1-2H3,(H2,28,29,30,31). The van der Waals surface area contributed by atoms with Crippen molar-refractivity contribution in [1.82, 2.24) is 9.97 Å². The van der Waals surface area contributed by atoms with Gasteiger partial charge in [0.15, 0.2) is 5.82 Å². The topological polar surface area (TPSA) is 130 Å². The third-order valence-corrected chi connectivity index (χ3v) is 9.05. The fourth-order valence-electron chi connectivity index (χ4n) is 5.20. The van der Waals surface area contributed by atoms with Crippen molar-refractivity contribution in [2.45, 2.75) is 25.7 Å². The van der Waals surface area contributed by atoms with Gasteiger partial charge >= 0.3 is 0 Å². The van der Waals surface area contributed by atoms with Crippen molar-refractivity contribution in [3.05, 3.63) is 63.8 Å².